The summed E-state index contributed by atoms with van der Waals surface area (Å²) in [5.41, 5.74) is 18.1. The number of rotatable bonds is 4. The molecule has 5 aromatic carbocycles. The Hall–Kier alpha value is -4.42. The maximum absolute atomic E-state index is 2.50. The maximum Gasteiger partial charge on any atom is 0.0165 e. The first-order chi connectivity index (χ1) is 20.8. The number of fused-ring (bicyclic) bond motifs is 6. The number of benzene rings is 5. The molecule has 1 atom stereocenters. The van der Waals surface area contributed by atoms with E-state index in [1.807, 2.05) is 0 Å². The zero-order valence-electron chi connectivity index (χ0n) is 25.6. The summed E-state index contributed by atoms with van der Waals surface area (Å²) in [4.78, 5) is 0. The van der Waals surface area contributed by atoms with Gasteiger partial charge in [-0.3, -0.25) is 0 Å². The summed E-state index contributed by atoms with van der Waals surface area (Å²) in [5, 5.41) is 0. The van der Waals surface area contributed by atoms with Crippen molar-refractivity contribution < 1.29 is 0 Å². The van der Waals surface area contributed by atoms with Gasteiger partial charge in [0.05, 0.1) is 0 Å². The van der Waals surface area contributed by atoms with E-state index in [9.17, 15) is 0 Å². The Balaban J connectivity index is 1.21. The molecule has 0 bridgehead atoms. The van der Waals surface area contributed by atoms with E-state index in [0.29, 0.717) is 5.92 Å². The van der Waals surface area contributed by atoms with Crippen molar-refractivity contribution >= 4 is 5.57 Å². The average molecular weight is 555 g/mol. The van der Waals surface area contributed by atoms with Crippen LogP contribution in [0.25, 0.3) is 39.0 Å². The van der Waals surface area contributed by atoms with Crippen LogP contribution >= 0.6 is 0 Å². The van der Waals surface area contributed by atoms with Crippen LogP contribution in [0.2, 0.25) is 0 Å². The van der Waals surface area contributed by atoms with Gasteiger partial charge in [0.1, 0.15) is 0 Å². The smallest absolute Gasteiger partial charge is 0.0165 e. The summed E-state index contributed by atoms with van der Waals surface area (Å²) in [7, 11) is 0. The lowest BCUT2D eigenvalue weighted by molar-refractivity contribution is 0.414. The van der Waals surface area contributed by atoms with Crippen LogP contribution in [0.5, 0.6) is 0 Å². The molecule has 0 saturated carbocycles. The molecule has 3 aliphatic carbocycles. The Morgan fingerprint density at radius 1 is 0.581 bits per heavy atom. The molecule has 0 aliphatic heterocycles. The van der Waals surface area contributed by atoms with Gasteiger partial charge in [0.15, 0.2) is 0 Å². The van der Waals surface area contributed by atoms with Gasteiger partial charge in [-0.15, -0.1) is 0 Å². The zero-order chi connectivity index (χ0) is 29.3. The minimum Gasteiger partial charge on any atom is -0.0839 e. The standard InChI is InChI=1S/C43H38/c1-42(2)38-18-12-11-17-33(38)34-21-19-28(24-39(34)42)23-29-20-22-35-37-27-32(30-13-7-5-8-14-30)26-36(31-15-9-6-10-16-31)41(37)43(3,4)40(35)25-29/h5-17,19-22,24-27,38H,18,23H2,1-4H3. The number of hydrogen-bond donors (Lipinski definition) is 0. The summed E-state index contributed by atoms with van der Waals surface area (Å²) >= 11 is 0. The van der Waals surface area contributed by atoms with Crippen molar-refractivity contribution in [2.24, 2.45) is 5.92 Å². The predicted octanol–water partition coefficient (Wildman–Crippen LogP) is 11.2. The molecule has 0 saturated heterocycles. The third-order valence-electron chi connectivity index (χ3n) is 10.5. The molecule has 5 aromatic rings. The zero-order valence-corrected chi connectivity index (χ0v) is 25.6. The van der Waals surface area contributed by atoms with Crippen molar-refractivity contribution in [1.82, 2.24) is 0 Å². The van der Waals surface area contributed by atoms with Crippen LogP contribution in [-0.2, 0) is 17.3 Å². The Bertz CT molecular complexity index is 1950. The Morgan fingerprint density at radius 2 is 1.21 bits per heavy atom. The number of allylic oxidation sites excluding steroid dienone is 4. The van der Waals surface area contributed by atoms with Gasteiger partial charge in [0.2, 0.25) is 0 Å². The molecular formula is C43H38. The highest BCUT2D eigenvalue weighted by atomic mass is 14.5. The lowest BCUT2D eigenvalue weighted by atomic mass is 9.74. The van der Waals surface area contributed by atoms with Crippen molar-refractivity contribution in [2.75, 3.05) is 0 Å². The molecule has 0 amide bonds. The van der Waals surface area contributed by atoms with Crippen molar-refractivity contribution in [3.63, 3.8) is 0 Å². The van der Waals surface area contributed by atoms with Crippen molar-refractivity contribution in [3.05, 3.63) is 161 Å². The largest absolute Gasteiger partial charge is 0.0839 e. The van der Waals surface area contributed by atoms with Gasteiger partial charge in [-0.25, -0.2) is 0 Å². The molecule has 0 N–H and O–H groups in total. The van der Waals surface area contributed by atoms with E-state index in [2.05, 4.69) is 155 Å². The minimum absolute atomic E-state index is 0.101. The molecule has 0 spiro atoms. The molecule has 0 heterocycles. The average Bonchev–Trinajstić information content (AvgIpc) is 3.41. The first-order valence-electron chi connectivity index (χ1n) is 15.8. The van der Waals surface area contributed by atoms with Crippen LogP contribution in [0.3, 0.4) is 0 Å². The van der Waals surface area contributed by atoms with Gasteiger partial charge in [0.25, 0.3) is 0 Å². The second-order valence-electron chi connectivity index (χ2n) is 13.8. The second kappa shape index (κ2) is 9.55. The van der Waals surface area contributed by atoms with E-state index < -0.39 is 0 Å². The van der Waals surface area contributed by atoms with Crippen molar-refractivity contribution in [2.45, 2.75) is 51.4 Å². The topological polar surface area (TPSA) is 0 Å². The molecule has 210 valence electrons. The van der Waals surface area contributed by atoms with E-state index in [1.54, 1.807) is 0 Å². The highest BCUT2D eigenvalue weighted by Crippen LogP contribution is 2.55. The first kappa shape index (κ1) is 26.2. The molecule has 0 aromatic heterocycles. The maximum atomic E-state index is 2.50. The van der Waals surface area contributed by atoms with Gasteiger partial charge >= 0.3 is 0 Å². The lowest BCUT2D eigenvalue weighted by Crippen LogP contribution is -2.24. The van der Waals surface area contributed by atoms with Crippen LogP contribution in [0.1, 0.15) is 67.5 Å². The third kappa shape index (κ3) is 4.04. The van der Waals surface area contributed by atoms with Gasteiger partial charge in [-0.1, -0.05) is 143 Å². The van der Waals surface area contributed by atoms with E-state index >= 15 is 0 Å². The molecule has 8 rings (SSSR count). The highest BCUT2D eigenvalue weighted by Gasteiger charge is 2.43. The molecule has 43 heavy (non-hydrogen) atoms. The predicted molar refractivity (Wildman–Crippen MR) is 182 cm³/mol. The Morgan fingerprint density at radius 3 is 1.93 bits per heavy atom. The number of hydrogen-bond acceptors (Lipinski definition) is 0. The van der Waals surface area contributed by atoms with E-state index in [1.165, 1.54) is 72.3 Å². The molecule has 0 fully saturated rings. The first-order valence-corrected chi connectivity index (χ1v) is 15.8. The van der Waals surface area contributed by atoms with Crippen molar-refractivity contribution in [1.29, 1.82) is 0 Å². The highest BCUT2D eigenvalue weighted by molar-refractivity contribution is 5.92. The lowest BCUT2D eigenvalue weighted by Gasteiger charge is -2.29. The quantitative estimate of drug-likeness (QED) is 0.207. The SMILES string of the molecule is CC1(C)c2cc(Cc3ccc4c(c3)C(C)(C)C3CC=CC=C43)ccc2-c2cc(-c3ccccc3)cc(-c3ccccc3)c21. The fourth-order valence-electron chi connectivity index (χ4n) is 8.26. The molecule has 0 radical (unpaired) electrons. The van der Waals surface area contributed by atoms with E-state index in [-0.39, 0.29) is 10.8 Å². The van der Waals surface area contributed by atoms with Gasteiger partial charge in [0, 0.05) is 5.41 Å². The fraction of sp³-hybridized carbons (Fsp3) is 0.209. The monoisotopic (exact) mass is 554 g/mol. The van der Waals surface area contributed by atoms with Crippen LogP contribution < -0.4 is 0 Å². The summed E-state index contributed by atoms with van der Waals surface area (Å²) in [6.07, 6.45) is 9.00. The van der Waals surface area contributed by atoms with Crippen LogP contribution in [0, 0.1) is 5.92 Å². The molecule has 1 unspecified atom stereocenters. The van der Waals surface area contributed by atoms with Crippen molar-refractivity contribution in [3.8, 4) is 33.4 Å². The minimum atomic E-state index is -0.101. The molecule has 3 aliphatic rings. The Labute approximate surface area is 256 Å². The van der Waals surface area contributed by atoms with Crippen LogP contribution in [0.15, 0.2) is 127 Å². The normalized spacial score (nSPS) is 18.4. The molecule has 0 heteroatoms. The summed E-state index contributed by atoms with van der Waals surface area (Å²) in [6, 6.07) is 41.1. The Kier molecular flexibility index (Phi) is 5.82. The summed E-state index contributed by atoms with van der Waals surface area (Å²) in [6.45, 7) is 9.70. The summed E-state index contributed by atoms with van der Waals surface area (Å²) in [5.74, 6) is 0.585. The van der Waals surface area contributed by atoms with E-state index in [0.717, 1.165) is 12.8 Å². The summed E-state index contributed by atoms with van der Waals surface area (Å²) < 4.78 is 0. The molecular weight excluding hydrogens is 516 g/mol. The second-order valence-corrected chi connectivity index (χ2v) is 13.8. The van der Waals surface area contributed by atoms with E-state index in [4.69, 9.17) is 0 Å². The van der Waals surface area contributed by atoms with Gasteiger partial charge in [-0.2, -0.15) is 0 Å². The van der Waals surface area contributed by atoms with Crippen LogP contribution in [0.4, 0.5) is 0 Å². The van der Waals surface area contributed by atoms with Gasteiger partial charge < -0.3 is 0 Å². The third-order valence-corrected chi connectivity index (χ3v) is 10.5. The van der Waals surface area contributed by atoms with Gasteiger partial charge in [-0.05, 0) is 109 Å². The molecule has 0 nitrogen and oxygen atoms in total. The fourth-order valence-corrected chi connectivity index (χ4v) is 8.26. The van der Waals surface area contributed by atoms with Crippen LogP contribution in [-0.4, -0.2) is 0 Å².